The molecule has 0 fully saturated rings. The number of hydrogen-bond acceptors (Lipinski definition) is 0. The molecule has 0 unspecified atom stereocenters. The minimum atomic E-state index is -0.543. The summed E-state index contributed by atoms with van der Waals surface area (Å²) in [5.74, 6) is 0. The van der Waals surface area contributed by atoms with Crippen LogP contribution in [-0.2, 0) is 0 Å². The molecule has 1 aromatic carbocycles. The first-order valence-electron chi connectivity index (χ1n) is 5.53. The number of rotatable bonds is 3. The molecule has 0 aliphatic rings. The third-order valence-electron chi connectivity index (χ3n) is 3.34. The zero-order chi connectivity index (χ0) is 13.3. The average molecular weight is 204 g/mol. The zero-order valence-corrected chi connectivity index (χ0v) is 10.6. The van der Waals surface area contributed by atoms with E-state index in [1.54, 1.807) is 0 Å². The first kappa shape index (κ1) is 14.8. The molecule has 0 aliphatic carbocycles. The Morgan fingerprint density at radius 2 is 1.41 bits per heavy atom. The van der Waals surface area contributed by atoms with E-state index in [-0.39, 0.29) is 0 Å². The SMILES string of the molecule is [B][B]B([B])c1c([B])c(C)c(C)c(B([B])[B])c1C. The van der Waals surface area contributed by atoms with Crippen molar-refractivity contribution in [2.24, 2.45) is 0 Å². The number of benzene rings is 1. The van der Waals surface area contributed by atoms with Crippen molar-refractivity contribution in [1.29, 1.82) is 0 Å². The molecular weight excluding hydrogens is 195 g/mol. The van der Waals surface area contributed by atoms with Gasteiger partial charge in [0.1, 0.15) is 7.85 Å². The van der Waals surface area contributed by atoms with E-state index < -0.39 is 13.0 Å². The largest absolute Gasteiger partial charge is 0.113 e. The summed E-state index contributed by atoms with van der Waals surface area (Å²) < 4.78 is 0. The van der Waals surface area contributed by atoms with Gasteiger partial charge in [0.25, 0.3) is 0 Å². The summed E-state index contributed by atoms with van der Waals surface area (Å²) in [6, 6.07) is 0. The summed E-state index contributed by atoms with van der Waals surface area (Å²) in [5, 5.41) is 0. The third kappa shape index (κ3) is 2.61. The fourth-order valence-electron chi connectivity index (χ4n) is 2.26. The van der Waals surface area contributed by atoms with Crippen LogP contribution in [0.5, 0.6) is 0 Å². The topological polar surface area (TPSA) is 0 Å². The molecule has 0 heterocycles. The van der Waals surface area contributed by atoms with Crippen LogP contribution in [0.1, 0.15) is 16.7 Å². The fourth-order valence-corrected chi connectivity index (χ4v) is 2.26. The van der Waals surface area contributed by atoms with E-state index in [1.165, 1.54) is 7.06 Å². The van der Waals surface area contributed by atoms with Crippen molar-refractivity contribution in [3.8, 4) is 0 Å². The van der Waals surface area contributed by atoms with Gasteiger partial charge in [-0.3, -0.25) is 0 Å². The van der Waals surface area contributed by atoms with E-state index in [1.807, 2.05) is 20.8 Å². The van der Waals surface area contributed by atoms with Crippen LogP contribution in [0, 0.1) is 20.8 Å². The Morgan fingerprint density at radius 1 is 0.882 bits per heavy atom. The molecule has 0 saturated carbocycles. The minimum absolute atomic E-state index is 0.410. The first-order chi connectivity index (χ1) is 7.82. The van der Waals surface area contributed by atoms with Crippen LogP contribution >= 0.6 is 0 Å². The Labute approximate surface area is 113 Å². The summed E-state index contributed by atoms with van der Waals surface area (Å²) in [6.45, 7) is 4.86. The van der Waals surface area contributed by atoms with Crippen molar-refractivity contribution in [2.45, 2.75) is 20.8 Å². The molecule has 0 N–H and O–H groups in total. The van der Waals surface area contributed by atoms with Gasteiger partial charge in [-0.25, -0.2) is 0 Å². The van der Waals surface area contributed by atoms with Gasteiger partial charge >= 0.3 is 0 Å². The Hall–Kier alpha value is -0.261. The molecule has 0 aliphatic heterocycles. The maximum Gasteiger partial charge on any atom is 0.113 e. The van der Waals surface area contributed by atoms with Crippen LogP contribution in [0.25, 0.3) is 0 Å². The van der Waals surface area contributed by atoms with Crippen molar-refractivity contribution in [3.63, 3.8) is 0 Å². The molecular formula is C9H9B8. The Kier molecular flexibility index (Phi) is 4.86. The van der Waals surface area contributed by atoms with Gasteiger partial charge in [-0.1, -0.05) is 22.2 Å². The highest BCUT2D eigenvalue weighted by atomic mass is 14.1. The van der Waals surface area contributed by atoms with Crippen LogP contribution in [0.2, 0.25) is 0 Å². The van der Waals surface area contributed by atoms with Gasteiger partial charge in [-0.05, 0) is 20.8 Å². The summed E-state index contributed by atoms with van der Waals surface area (Å²) in [5.41, 5.74) is 5.27. The molecule has 0 spiro atoms. The summed E-state index contributed by atoms with van der Waals surface area (Å²) >= 11 is 0. The monoisotopic (exact) mass is 205 g/mol. The quantitative estimate of drug-likeness (QED) is 0.463. The average Bonchev–Trinajstić information content (AvgIpc) is 2.25. The van der Waals surface area contributed by atoms with Crippen LogP contribution in [0.3, 0.4) is 0 Å². The van der Waals surface area contributed by atoms with E-state index in [0.717, 1.165) is 27.6 Å². The van der Waals surface area contributed by atoms with Gasteiger partial charge in [0, 0.05) is 38.0 Å². The second-order valence-corrected chi connectivity index (χ2v) is 4.36. The van der Waals surface area contributed by atoms with Gasteiger partial charge < -0.3 is 0 Å². The van der Waals surface area contributed by atoms with Crippen LogP contribution in [0.15, 0.2) is 0 Å². The van der Waals surface area contributed by atoms with E-state index in [4.69, 9.17) is 38.8 Å². The lowest BCUT2D eigenvalue weighted by atomic mass is 9.02. The molecule has 8 heteroatoms. The lowest BCUT2D eigenvalue weighted by Gasteiger charge is -2.26. The van der Waals surface area contributed by atoms with Crippen LogP contribution in [-0.4, -0.2) is 58.8 Å². The lowest BCUT2D eigenvalue weighted by molar-refractivity contribution is 1.37. The van der Waals surface area contributed by atoms with E-state index in [0.29, 0.717) is 5.46 Å². The Morgan fingerprint density at radius 3 is 1.82 bits per heavy atom. The molecule has 0 atom stereocenters. The van der Waals surface area contributed by atoms with Crippen LogP contribution in [0.4, 0.5) is 0 Å². The maximum absolute atomic E-state index is 6.09. The standard InChI is InChI=1S/C9H9B8/c1-4-5(2)8(16(12)13)6(3)9(7(4)10)17(14)15-11/h1-3H3. The molecule has 1 aromatic rings. The summed E-state index contributed by atoms with van der Waals surface area (Å²) in [7, 11) is 30.5. The molecule has 0 saturated heterocycles. The van der Waals surface area contributed by atoms with E-state index >= 15 is 0 Å². The lowest BCUT2D eigenvalue weighted by Crippen LogP contribution is -2.54. The van der Waals surface area contributed by atoms with Gasteiger partial charge in [0.2, 0.25) is 0 Å². The summed E-state index contributed by atoms with van der Waals surface area (Å²) in [6.07, 6.45) is 0. The normalized spacial score (nSPS) is 10.1. The second kappa shape index (κ2) is 5.59. The molecule has 0 nitrogen and oxygen atoms in total. The molecule has 0 amide bonds. The molecule has 17 heavy (non-hydrogen) atoms. The van der Waals surface area contributed by atoms with Gasteiger partial charge in [0.05, 0.1) is 13.0 Å². The molecule has 0 aromatic heterocycles. The van der Waals surface area contributed by atoms with Crippen LogP contribution < -0.4 is 16.4 Å². The molecule has 1 rings (SSSR count). The van der Waals surface area contributed by atoms with Crippen molar-refractivity contribution in [3.05, 3.63) is 16.7 Å². The predicted molar refractivity (Wildman–Crippen MR) is 85.6 cm³/mol. The predicted octanol–water partition coefficient (Wildman–Crippen LogP) is -2.91. The molecule has 11 radical (unpaired) electrons. The fraction of sp³-hybridized carbons (Fsp3) is 0.333. The number of hydrogen-bond donors (Lipinski definition) is 0. The Balaban J connectivity index is 3.61. The summed E-state index contributed by atoms with van der Waals surface area (Å²) in [4.78, 5) is 0. The van der Waals surface area contributed by atoms with Crippen molar-refractivity contribution >= 4 is 75.2 Å². The smallest absolute Gasteiger partial charge is 0.104 e. The molecule has 69 valence electrons. The van der Waals surface area contributed by atoms with Crippen molar-refractivity contribution < 1.29 is 0 Å². The highest BCUT2D eigenvalue weighted by Gasteiger charge is 2.19. The highest BCUT2D eigenvalue weighted by Crippen LogP contribution is 2.04. The van der Waals surface area contributed by atoms with Gasteiger partial charge in [-0.15, -0.1) is 10.9 Å². The highest BCUT2D eigenvalue weighted by molar-refractivity contribution is 7.51. The van der Waals surface area contributed by atoms with Crippen molar-refractivity contribution in [2.75, 3.05) is 0 Å². The second-order valence-electron chi connectivity index (χ2n) is 4.36. The first-order valence-corrected chi connectivity index (χ1v) is 5.53. The van der Waals surface area contributed by atoms with E-state index in [9.17, 15) is 0 Å². The maximum atomic E-state index is 6.09. The third-order valence-corrected chi connectivity index (χ3v) is 3.34. The molecule has 0 bridgehead atoms. The van der Waals surface area contributed by atoms with Crippen molar-refractivity contribution in [1.82, 2.24) is 0 Å². The van der Waals surface area contributed by atoms with E-state index in [2.05, 4.69) is 0 Å². The minimum Gasteiger partial charge on any atom is -0.104 e. The van der Waals surface area contributed by atoms with Gasteiger partial charge in [0.15, 0.2) is 0 Å². The Bertz CT molecular complexity index is 428. The zero-order valence-electron chi connectivity index (χ0n) is 10.6. The van der Waals surface area contributed by atoms with Gasteiger partial charge in [-0.2, -0.15) is 0 Å².